The van der Waals surface area contributed by atoms with Crippen LogP contribution in [0.3, 0.4) is 0 Å². The number of ether oxygens (including phenoxy) is 1. The van der Waals surface area contributed by atoms with Crippen LogP contribution in [0, 0.1) is 0 Å². The minimum absolute atomic E-state index is 0.0620. The van der Waals surface area contributed by atoms with Gasteiger partial charge in [-0.15, -0.1) is 0 Å². The van der Waals surface area contributed by atoms with Gasteiger partial charge >= 0.3 is 12.4 Å². The molecule has 0 fully saturated rings. The molecule has 0 aliphatic rings. The number of aliphatic imine (C=N–C) groups is 1. The van der Waals surface area contributed by atoms with Gasteiger partial charge in [0.2, 0.25) is 11.7 Å². The van der Waals surface area contributed by atoms with Gasteiger partial charge in [-0.05, 0) is 0 Å². The molecule has 0 aliphatic carbocycles. The number of methoxy groups -OCH3 is 1. The van der Waals surface area contributed by atoms with E-state index in [1.54, 1.807) is 0 Å². The number of aromatic nitrogens is 3. The summed E-state index contributed by atoms with van der Waals surface area (Å²) in [4.78, 5) is 19.6. The van der Waals surface area contributed by atoms with Crippen LogP contribution in [0.2, 0.25) is 0 Å². The van der Waals surface area contributed by atoms with E-state index < -0.39 is 47.7 Å². The number of hydrogen-bond acceptors (Lipinski definition) is 5. The summed E-state index contributed by atoms with van der Waals surface area (Å²) >= 11 is 0. The highest BCUT2D eigenvalue weighted by Gasteiger charge is 2.39. The normalized spacial score (nSPS) is 13.6. The third-order valence-electron chi connectivity index (χ3n) is 3.67. The van der Waals surface area contributed by atoms with Gasteiger partial charge < -0.3 is 10.5 Å². The van der Waals surface area contributed by atoms with Crippen molar-refractivity contribution < 1.29 is 31.1 Å². The second-order valence-corrected chi connectivity index (χ2v) is 5.56. The summed E-state index contributed by atoms with van der Waals surface area (Å²) in [5.74, 6) is -0.282. The molecule has 0 spiro atoms. The summed E-state index contributed by atoms with van der Waals surface area (Å²) in [7, 11) is 2.60. The molecule has 0 unspecified atom stereocenters. The molecule has 0 saturated heterocycles. The van der Waals surface area contributed by atoms with Gasteiger partial charge in [-0.2, -0.15) is 26.3 Å². The minimum atomic E-state index is -5.03. The third-order valence-corrected chi connectivity index (χ3v) is 3.67. The number of aryl methyl sites for hydroxylation is 1. The second-order valence-electron chi connectivity index (χ2n) is 5.56. The van der Waals surface area contributed by atoms with Crippen LogP contribution in [0.5, 0.6) is 5.88 Å². The lowest BCUT2D eigenvalue weighted by Gasteiger charge is -2.12. The molecule has 0 aromatic carbocycles. The second kappa shape index (κ2) is 7.56. The van der Waals surface area contributed by atoms with Gasteiger partial charge in [0.15, 0.2) is 5.69 Å². The molecule has 0 bridgehead atoms. The van der Waals surface area contributed by atoms with Crippen molar-refractivity contribution in [2.75, 3.05) is 13.7 Å². The van der Waals surface area contributed by atoms with Gasteiger partial charge in [0.25, 0.3) is 5.56 Å². The molecule has 28 heavy (non-hydrogen) atoms. The topological polar surface area (TPSA) is 86.9 Å². The Balaban J connectivity index is 2.65. The van der Waals surface area contributed by atoms with E-state index in [1.807, 2.05) is 0 Å². The maximum absolute atomic E-state index is 13.5. The summed E-state index contributed by atoms with van der Waals surface area (Å²) in [5, 5.41) is 0. The molecule has 13 heteroatoms. The largest absolute Gasteiger partial charge is 0.481 e. The van der Waals surface area contributed by atoms with Gasteiger partial charge in [-0.1, -0.05) is 0 Å². The van der Waals surface area contributed by atoms with Gasteiger partial charge in [0.05, 0.1) is 25.3 Å². The Bertz CT molecular complexity index is 984. The molecule has 0 amide bonds. The van der Waals surface area contributed by atoms with Crippen molar-refractivity contribution in [2.24, 2.45) is 17.8 Å². The zero-order chi connectivity index (χ0) is 21.3. The number of allylic oxidation sites excluding steroid dienone is 1. The maximum Gasteiger partial charge on any atom is 0.434 e. The van der Waals surface area contributed by atoms with E-state index >= 15 is 0 Å². The van der Waals surface area contributed by atoms with E-state index in [-0.39, 0.29) is 11.7 Å². The van der Waals surface area contributed by atoms with E-state index in [2.05, 4.69) is 9.98 Å². The highest BCUT2D eigenvalue weighted by Crippen LogP contribution is 2.32. The van der Waals surface area contributed by atoms with Crippen molar-refractivity contribution in [3.8, 4) is 5.88 Å². The lowest BCUT2D eigenvalue weighted by Crippen LogP contribution is -2.26. The lowest BCUT2D eigenvalue weighted by atomic mass is 10.1. The molecule has 0 aliphatic heterocycles. The fourth-order valence-corrected chi connectivity index (χ4v) is 2.37. The standard InChI is InChI=1S/C15H15F6N5O2/c1-25-9(28-2)7-26-12(27)10(11(15(19,20)21)24-13(25)26)8(5-22)6-23-4-3-14(16,17)18/h5-7H,3-4,22H2,1-2H3. The smallest absolute Gasteiger partial charge is 0.434 e. The summed E-state index contributed by atoms with van der Waals surface area (Å²) < 4.78 is 84.0. The molecule has 2 aromatic heterocycles. The number of alkyl halides is 6. The summed E-state index contributed by atoms with van der Waals surface area (Å²) in [6.45, 7) is -0.738. The average Bonchev–Trinajstić information content (AvgIpc) is 2.90. The minimum Gasteiger partial charge on any atom is -0.481 e. The fourth-order valence-electron chi connectivity index (χ4n) is 2.37. The van der Waals surface area contributed by atoms with Crippen molar-refractivity contribution >= 4 is 17.6 Å². The average molecular weight is 411 g/mol. The Kier molecular flexibility index (Phi) is 5.75. The van der Waals surface area contributed by atoms with Crippen LogP contribution in [-0.2, 0) is 13.2 Å². The molecular weight excluding hydrogens is 396 g/mol. The van der Waals surface area contributed by atoms with Gasteiger partial charge in [0.1, 0.15) is 0 Å². The Morgan fingerprint density at radius 2 is 1.96 bits per heavy atom. The molecule has 7 nitrogen and oxygen atoms in total. The Morgan fingerprint density at radius 3 is 2.46 bits per heavy atom. The van der Waals surface area contributed by atoms with Crippen LogP contribution >= 0.6 is 0 Å². The van der Waals surface area contributed by atoms with Gasteiger partial charge in [0, 0.05) is 31.6 Å². The first kappa shape index (κ1) is 21.3. The van der Waals surface area contributed by atoms with E-state index in [9.17, 15) is 31.1 Å². The van der Waals surface area contributed by atoms with Crippen molar-refractivity contribution in [3.63, 3.8) is 0 Å². The molecular formula is C15H15F6N5O2. The van der Waals surface area contributed by atoms with E-state index in [4.69, 9.17) is 10.5 Å². The zero-order valence-corrected chi connectivity index (χ0v) is 14.6. The molecule has 2 heterocycles. The first-order chi connectivity index (χ1) is 12.9. The molecule has 2 N–H and O–H groups in total. The van der Waals surface area contributed by atoms with Crippen LogP contribution in [0.25, 0.3) is 11.4 Å². The summed E-state index contributed by atoms with van der Waals surface area (Å²) in [6, 6.07) is 0. The first-order valence-electron chi connectivity index (χ1n) is 7.62. The number of nitrogens with zero attached hydrogens (tertiary/aromatic N) is 4. The SMILES string of the molecule is COc1cn2c(=O)c(C(C=NCCC(F)(F)F)=CN)c(C(F)(F)F)nc2n1C. The van der Waals surface area contributed by atoms with E-state index in [0.717, 1.165) is 15.2 Å². The number of fused-ring (bicyclic) bond motifs is 1. The zero-order valence-electron chi connectivity index (χ0n) is 14.6. The number of nitrogens with two attached hydrogens (primary N) is 1. The maximum atomic E-state index is 13.5. The highest BCUT2D eigenvalue weighted by atomic mass is 19.4. The quantitative estimate of drug-likeness (QED) is 0.605. The number of rotatable bonds is 5. The summed E-state index contributed by atoms with van der Waals surface area (Å²) in [5.41, 5.74) is 1.20. The van der Waals surface area contributed by atoms with Crippen molar-refractivity contribution in [2.45, 2.75) is 18.8 Å². The Hall–Kier alpha value is -2.99. The predicted octanol–water partition coefficient (Wildman–Crippen LogP) is 2.38. The Morgan fingerprint density at radius 1 is 1.32 bits per heavy atom. The highest BCUT2D eigenvalue weighted by molar-refractivity contribution is 6.10. The number of halogens is 6. The van der Waals surface area contributed by atoms with Crippen LogP contribution in [-0.4, -0.2) is 40.0 Å². The van der Waals surface area contributed by atoms with Crippen LogP contribution in [0.4, 0.5) is 26.3 Å². The molecule has 154 valence electrons. The molecule has 2 rings (SSSR count). The Labute approximate surface area is 153 Å². The molecule has 0 atom stereocenters. The third kappa shape index (κ3) is 4.28. The monoisotopic (exact) mass is 411 g/mol. The molecule has 0 saturated carbocycles. The predicted molar refractivity (Wildman–Crippen MR) is 88.2 cm³/mol. The molecule has 0 radical (unpaired) electrons. The van der Waals surface area contributed by atoms with Gasteiger partial charge in [-0.3, -0.25) is 14.4 Å². The van der Waals surface area contributed by atoms with Crippen molar-refractivity contribution in [1.82, 2.24) is 14.0 Å². The van der Waals surface area contributed by atoms with E-state index in [1.165, 1.54) is 14.2 Å². The molecule has 2 aromatic rings. The van der Waals surface area contributed by atoms with Crippen LogP contribution in [0.15, 0.2) is 22.2 Å². The van der Waals surface area contributed by atoms with Crippen LogP contribution < -0.4 is 16.0 Å². The van der Waals surface area contributed by atoms with Crippen molar-refractivity contribution in [3.05, 3.63) is 34.0 Å². The number of imidazole rings is 1. The first-order valence-corrected chi connectivity index (χ1v) is 7.62. The van der Waals surface area contributed by atoms with Crippen LogP contribution in [0.1, 0.15) is 17.7 Å². The summed E-state index contributed by atoms with van der Waals surface area (Å²) in [6.07, 6.45) is -8.33. The number of hydrogen-bond donors (Lipinski definition) is 1. The van der Waals surface area contributed by atoms with Crippen molar-refractivity contribution in [1.29, 1.82) is 0 Å². The fraction of sp³-hybridized carbons (Fsp3) is 0.400. The lowest BCUT2D eigenvalue weighted by molar-refractivity contribution is -0.141. The van der Waals surface area contributed by atoms with Gasteiger partial charge in [-0.25, -0.2) is 9.38 Å². The van der Waals surface area contributed by atoms with E-state index in [0.29, 0.717) is 12.4 Å².